The number of anilines is 1. The van der Waals surface area contributed by atoms with Crippen LogP contribution < -0.4 is 4.90 Å². The van der Waals surface area contributed by atoms with Crippen LogP contribution in [0, 0.1) is 11.7 Å². The molecule has 2 nitrogen and oxygen atoms in total. The second kappa shape index (κ2) is 5.66. The lowest BCUT2D eigenvalue weighted by Crippen LogP contribution is -2.35. The minimum absolute atomic E-state index is 0.295. The first-order valence-corrected chi connectivity index (χ1v) is 7.80. The summed E-state index contributed by atoms with van der Waals surface area (Å²) in [4.78, 5) is 6.70. The predicted molar refractivity (Wildman–Crippen MR) is 76.1 cm³/mol. The molecule has 1 aliphatic heterocycles. The summed E-state index contributed by atoms with van der Waals surface area (Å²) in [6.45, 7) is 1.03. The maximum Gasteiger partial charge on any atom is 0.141 e. The number of hydrogen-bond acceptors (Lipinski definition) is 2. The van der Waals surface area contributed by atoms with Gasteiger partial charge < -0.3 is 4.90 Å². The third kappa shape index (κ3) is 2.58. The average Bonchev–Trinajstić information content (AvgIpc) is 3.08. The van der Waals surface area contributed by atoms with Crippen LogP contribution in [0.1, 0.15) is 44.1 Å². The Balaban J connectivity index is 1.87. The van der Waals surface area contributed by atoms with Crippen molar-refractivity contribution in [2.24, 2.45) is 5.92 Å². The Hall–Kier alpha value is -0.830. The molecule has 1 aromatic rings. The first-order chi connectivity index (χ1) is 9.29. The second-order valence-electron chi connectivity index (χ2n) is 5.72. The number of rotatable bonds is 3. The molecule has 0 amide bonds. The minimum Gasteiger partial charge on any atom is -0.353 e. The Kier molecular flexibility index (Phi) is 3.92. The normalized spacial score (nSPS) is 24.3. The lowest BCUT2D eigenvalue weighted by atomic mass is 9.96. The van der Waals surface area contributed by atoms with E-state index in [4.69, 9.17) is 11.6 Å². The van der Waals surface area contributed by atoms with Gasteiger partial charge in [0.05, 0.1) is 12.1 Å². The van der Waals surface area contributed by atoms with Crippen molar-refractivity contribution in [3.63, 3.8) is 0 Å². The van der Waals surface area contributed by atoms with Gasteiger partial charge in [-0.1, -0.05) is 12.8 Å². The number of hydrogen-bond donors (Lipinski definition) is 0. The maximum absolute atomic E-state index is 13.3. The summed E-state index contributed by atoms with van der Waals surface area (Å²) < 4.78 is 13.3. The van der Waals surface area contributed by atoms with E-state index in [1.807, 2.05) is 0 Å². The molecule has 4 heteroatoms. The van der Waals surface area contributed by atoms with Crippen molar-refractivity contribution in [3.8, 4) is 0 Å². The highest BCUT2D eigenvalue weighted by Crippen LogP contribution is 2.38. The molecule has 2 heterocycles. The zero-order valence-electron chi connectivity index (χ0n) is 11.1. The van der Waals surface area contributed by atoms with Gasteiger partial charge in [0.25, 0.3) is 0 Å². The van der Waals surface area contributed by atoms with Crippen LogP contribution in [0.2, 0.25) is 0 Å². The molecule has 104 valence electrons. The molecule has 19 heavy (non-hydrogen) atoms. The number of aromatic nitrogens is 1. The molecular weight excluding hydrogens is 263 g/mol. The zero-order valence-corrected chi connectivity index (χ0v) is 11.9. The van der Waals surface area contributed by atoms with Crippen molar-refractivity contribution in [3.05, 3.63) is 23.6 Å². The molecule has 2 fully saturated rings. The van der Waals surface area contributed by atoms with Crippen LogP contribution in [-0.4, -0.2) is 17.6 Å². The standard InChI is InChI=1S/C15H20ClFN2/c16-9-12-8-13(17)10-18-15(12)19-7-3-6-14(19)11-4-1-2-5-11/h8,10-11,14H,1-7,9H2. The lowest BCUT2D eigenvalue weighted by Gasteiger charge is -2.31. The van der Waals surface area contributed by atoms with Crippen molar-refractivity contribution >= 4 is 17.4 Å². The van der Waals surface area contributed by atoms with Gasteiger partial charge in [0.15, 0.2) is 0 Å². The van der Waals surface area contributed by atoms with Crippen LogP contribution in [0.3, 0.4) is 0 Å². The van der Waals surface area contributed by atoms with Crippen molar-refractivity contribution in [2.75, 3.05) is 11.4 Å². The summed E-state index contributed by atoms with van der Waals surface area (Å²) in [5, 5.41) is 0. The fraction of sp³-hybridized carbons (Fsp3) is 0.667. The summed E-state index contributed by atoms with van der Waals surface area (Å²) in [6.07, 6.45) is 9.14. The van der Waals surface area contributed by atoms with Crippen molar-refractivity contribution in [1.29, 1.82) is 0 Å². The summed E-state index contributed by atoms with van der Waals surface area (Å²) in [5.41, 5.74) is 0.826. The van der Waals surface area contributed by atoms with Gasteiger partial charge in [0.1, 0.15) is 11.6 Å². The van der Waals surface area contributed by atoms with Crippen LogP contribution in [-0.2, 0) is 5.88 Å². The smallest absolute Gasteiger partial charge is 0.141 e. The monoisotopic (exact) mass is 282 g/mol. The highest BCUT2D eigenvalue weighted by molar-refractivity contribution is 6.17. The molecule has 0 spiro atoms. The zero-order chi connectivity index (χ0) is 13.2. The van der Waals surface area contributed by atoms with Crippen molar-refractivity contribution in [1.82, 2.24) is 4.98 Å². The molecule has 1 unspecified atom stereocenters. The third-order valence-electron chi connectivity index (χ3n) is 4.57. The molecule has 1 atom stereocenters. The molecule has 0 bridgehead atoms. The third-order valence-corrected chi connectivity index (χ3v) is 4.86. The van der Waals surface area contributed by atoms with Gasteiger partial charge in [-0.2, -0.15) is 0 Å². The fourth-order valence-corrected chi connectivity index (χ4v) is 3.92. The van der Waals surface area contributed by atoms with E-state index in [1.54, 1.807) is 0 Å². The molecule has 1 saturated heterocycles. The van der Waals surface area contributed by atoms with E-state index in [0.29, 0.717) is 11.9 Å². The molecule has 1 aromatic heterocycles. The number of nitrogens with zero attached hydrogens (tertiary/aromatic N) is 2. The van der Waals surface area contributed by atoms with Gasteiger partial charge in [0.2, 0.25) is 0 Å². The van der Waals surface area contributed by atoms with Gasteiger partial charge in [-0.15, -0.1) is 11.6 Å². The molecule has 0 N–H and O–H groups in total. The molecule has 2 aliphatic rings. The topological polar surface area (TPSA) is 16.1 Å². The Morgan fingerprint density at radius 1 is 1.26 bits per heavy atom. The predicted octanol–water partition coefficient (Wildman–Crippen LogP) is 4.12. The summed E-state index contributed by atoms with van der Waals surface area (Å²) in [6, 6.07) is 2.11. The van der Waals surface area contributed by atoms with E-state index in [-0.39, 0.29) is 5.82 Å². The molecule has 0 aromatic carbocycles. The van der Waals surface area contributed by atoms with E-state index >= 15 is 0 Å². The average molecular weight is 283 g/mol. The largest absolute Gasteiger partial charge is 0.353 e. The van der Waals surface area contributed by atoms with Crippen LogP contribution in [0.25, 0.3) is 0 Å². The quantitative estimate of drug-likeness (QED) is 0.775. The van der Waals surface area contributed by atoms with E-state index in [0.717, 1.165) is 23.8 Å². The Morgan fingerprint density at radius 3 is 2.79 bits per heavy atom. The Bertz CT molecular complexity index is 446. The SMILES string of the molecule is Fc1cnc(N2CCCC2C2CCCC2)c(CCl)c1. The summed E-state index contributed by atoms with van der Waals surface area (Å²) in [5.74, 6) is 1.73. The van der Waals surface area contributed by atoms with Crippen molar-refractivity contribution in [2.45, 2.75) is 50.4 Å². The minimum atomic E-state index is -0.295. The van der Waals surface area contributed by atoms with E-state index in [1.165, 1.54) is 50.8 Å². The highest BCUT2D eigenvalue weighted by atomic mass is 35.5. The summed E-state index contributed by atoms with van der Waals surface area (Å²) in [7, 11) is 0. The first-order valence-electron chi connectivity index (χ1n) is 7.26. The van der Waals surface area contributed by atoms with E-state index in [9.17, 15) is 4.39 Å². The second-order valence-corrected chi connectivity index (χ2v) is 5.98. The van der Waals surface area contributed by atoms with Gasteiger partial charge in [-0.05, 0) is 37.7 Å². The van der Waals surface area contributed by atoms with Crippen LogP contribution in [0.4, 0.5) is 10.2 Å². The van der Waals surface area contributed by atoms with E-state index in [2.05, 4.69) is 9.88 Å². The van der Waals surface area contributed by atoms with Gasteiger partial charge in [-0.25, -0.2) is 9.37 Å². The summed E-state index contributed by atoms with van der Waals surface area (Å²) >= 11 is 5.96. The van der Waals surface area contributed by atoms with Crippen LogP contribution in [0.15, 0.2) is 12.3 Å². The highest BCUT2D eigenvalue weighted by Gasteiger charge is 2.34. The van der Waals surface area contributed by atoms with Crippen molar-refractivity contribution < 1.29 is 4.39 Å². The van der Waals surface area contributed by atoms with Gasteiger partial charge >= 0.3 is 0 Å². The molecule has 1 aliphatic carbocycles. The van der Waals surface area contributed by atoms with E-state index < -0.39 is 0 Å². The maximum atomic E-state index is 13.3. The first kappa shape index (κ1) is 13.2. The number of alkyl halides is 1. The van der Waals surface area contributed by atoms with Crippen LogP contribution in [0.5, 0.6) is 0 Å². The fourth-order valence-electron chi connectivity index (χ4n) is 3.72. The number of pyridine rings is 1. The lowest BCUT2D eigenvalue weighted by molar-refractivity contribution is 0.428. The van der Waals surface area contributed by atoms with Gasteiger partial charge in [0, 0.05) is 18.2 Å². The van der Waals surface area contributed by atoms with Gasteiger partial charge in [-0.3, -0.25) is 0 Å². The Morgan fingerprint density at radius 2 is 2.05 bits per heavy atom. The molecular formula is C15H20ClFN2. The van der Waals surface area contributed by atoms with Crippen LogP contribution >= 0.6 is 11.6 Å². The molecule has 3 rings (SSSR count). The molecule has 0 radical (unpaired) electrons. The molecule has 1 saturated carbocycles. The Labute approximate surface area is 119 Å². The number of halogens is 2.